The highest BCUT2D eigenvalue weighted by Crippen LogP contribution is 2.24. The lowest BCUT2D eigenvalue weighted by atomic mass is 10.1. The Bertz CT molecular complexity index is 390. The first-order chi connectivity index (χ1) is 6.52. The van der Waals surface area contributed by atoms with Crippen molar-refractivity contribution in [2.45, 2.75) is 20.8 Å². The smallest absolute Gasteiger partial charge is 0.258 e. The Labute approximate surface area is 83.2 Å². The average molecular weight is 191 g/mol. The molecular formula is C11H13NO2. The zero-order chi connectivity index (χ0) is 10.7. The van der Waals surface area contributed by atoms with Gasteiger partial charge in [0.1, 0.15) is 0 Å². The fourth-order valence-corrected chi connectivity index (χ4v) is 1.36. The number of rotatable bonds is 2. The molecule has 0 saturated carbocycles. The molecule has 0 aliphatic carbocycles. The van der Waals surface area contributed by atoms with E-state index in [-0.39, 0.29) is 10.6 Å². The number of nitrogens with zero attached hydrogens (tertiary/aromatic N) is 1. The maximum Gasteiger partial charge on any atom is 0.279 e. The van der Waals surface area contributed by atoms with E-state index in [9.17, 15) is 10.1 Å². The third kappa shape index (κ3) is 2.19. The van der Waals surface area contributed by atoms with Crippen molar-refractivity contribution in [3.63, 3.8) is 0 Å². The maximum atomic E-state index is 10.8. The van der Waals surface area contributed by atoms with Gasteiger partial charge in [-0.25, -0.2) is 0 Å². The number of hydrogen-bond donors (Lipinski definition) is 0. The van der Waals surface area contributed by atoms with Crippen LogP contribution < -0.4 is 0 Å². The standard InChI is InChI=1S/C11H13NO2/c1-8(2)7-10-6-4-5-9(3)11(10)12(13)14/h4-7H,1-3H3. The number of hydrogen-bond acceptors (Lipinski definition) is 2. The van der Waals surface area contributed by atoms with Gasteiger partial charge >= 0.3 is 0 Å². The predicted octanol–water partition coefficient (Wildman–Crippen LogP) is 3.33. The zero-order valence-corrected chi connectivity index (χ0v) is 8.57. The van der Waals surface area contributed by atoms with Gasteiger partial charge in [-0.1, -0.05) is 17.7 Å². The van der Waals surface area contributed by atoms with E-state index >= 15 is 0 Å². The maximum absolute atomic E-state index is 10.8. The summed E-state index contributed by atoms with van der Waals surface area (Å²) in [5, 5.41) is 10.8. The van der Waals surface area contributed by atoms with Gasteiger partial charge < -0.3 is 0 Å². The molecule has 0 amide bonds. The van der Waals surface area contributed by atoms with Crippen LogP contribution in [-0.4, -0.2) is 4.92 Å². The first-order valence-electron chi connectivity index (χ1n) is 4.41. The minimum Gasteiger partial charge on any atom is -0.258 e. The topological polar surface area (TPSA) is 43.1 Å². The Morgan fingerprint density at radius 2 is 2.07 bits per heavy atom. The normalized spacial score (nSPS) is 9.64. The molecule has 0 aliphatic rings. The quantitative estimate of drug-likeness (QED) is 0.531. The van der Waals surface area contributed by atoms with Crippen LogP contribution in [0.25, 0.3) is 6.08 Å². The zero-order valence-electron chi connectivity index (χ0n) is 8.57. The van der Waals surface area contributed by atoms with Gasteiger partial charge in [0.2, 0.25) is 0 Å². The van der Waals surface area contributed by atoms with E-state index in [1.54, 1.807) is 19.1 Å². The summed E-state index contributed by atoms with van der Waals surface area (Å²) >= 11 is 0. The number of nitro benzene ring substituents is 1. The second-order valence-electron chi connectivity index (χ2n) is 3.49. The minimum absolute atomic E-state index is 0.203. The van der Waals surface area contributed by atoms with Crippen molar-refractivity contribution in [1.82, 2.24) is 0 Å². The average Bonchev–Trinajstić information content (AvgIpc) is 2.01. The van der Waals surface area contributed by atoms with Crippen LogP contribution in [0.15, 0.2) is 23.8 Å². The Balaban J connectivity index is 3.36. The van der Waals surface area contributed by atoms with Crippen LogP contribution in [0.2, 0.25) is 0 Å². The first kappa shape index (κ1) is 10.4. The van der Waals surface area contributed by atoms with E-state index in [4.69, 9.17) is 0 Å². The second kappa shape index (κ2) is 4.05. The fraction of sp³-hybridized carbons (Fsp3) is 0.273. The molecule has 0 radical (unpaired) electrons. The molecular weight excluding hydrogens is 178 g/mol. The molecule has 0 heterocycles. The second-order valence-corrected chi connectivity index (χ2v) is 3.49. The van der Waals surface area contributed by atoms with Gasteiger partial charge in [0, 0.05) is 5.56 Å². The molecule has 0 unspecified atom stereocenters. The van der Waals surface area contributed by atoms with Crippen LogP contribution in [0.1, 0.15) is 25.0 Å². The van der Waals surface area contributed by atoms with Crippen molar-refractivity contribution in [1.29, 1.82) is 0 Å². The molecule has 1 aromatic carbocycles. The van der Waals surface area contributed by atoms with E-state index in [0.717, 1.165) is 5.57 Å². The van der Waals surface area contributed by atoms with Crippen molar-refractivity contribution >= 4 is 11.8 Å². The van der Waals surface area contributed by atoms with E-state index in [1.807, 2.05) is 26.0 Å². The molecule has 3 nitrogen and oxygen atoms in total. The molecule has 0 bridgehead atoms. The van der Waals surface area contributed by atoms with Crippen LogP contribution >= 0.6 is 0 Å². The van der Waals surface area contributed by atoms with Crippen molar-refractivity contribution in [2.24, 2.45) is 0 Å². The lowest BCUT2D eigenvalue weighted by Crippen LogP contribution is -1.94. The van der Waals surface area contributed by atoms with Gasteiger partial charge in [-0.2, -0.15) is 0 Å². The molecule has 1 aromatic rings. The van der Waals surface area contributed by atoms with Crippen LogP contribution in [-0.2, 0) is 0 Å². The van der Waals surface area contributed by atoms with Crippen LogP contribution in [0.5, 0.6) is 0 Å². The van der Waals surface area contributed by atoms with Crippen LogP contribution in [0, 0.1) is 17.0 Å². The molecule has 0 fully saturated rings. The molecule has 0 saturated heterocycles. The number of nitro groups is 1. The number of aryl methyl sites for hydroxylation is 1. The van der Waals surface area contributed by atoms with E-state index in [0.29, 0.717) is 11.1 Å². The summed E-state index contributed by atoms with van der Waals surface area (Å²) in [6.07, 6.45) is 1.82. The van der Waals surface area contributed by atoms with Crippen molar-refractivity contribution in [3.8, 4) is 0 Å². The lowest BCUT2D eigenvalue weighted by Gasteiger charge is -2.01. The lowest BCUT2D eigenvalue weighted by molar-refractivity contribution is -0.385. The van der Waals surface area contributed by atoms with E-state index < -0.39 is 0 Å². The summed E-state index contributed by atoms with van der Waals surface area (Å²) in [5.74, 6) is 0. The molecule has 14 heavy (non-hydrogen) atoms. The van der Waals surface area contributed by atoms with E-state index in [1.165, 1.54) is 0 Å². The van der Waals surface area contributed by atoms with Crippen LogP contribution in [0.4, 0.5) is 5.69 Å². The monoisotopic (exact) mass is 191 g/mol. The van der Waals surface area contributed by atoms with Gasteiger partial charge in [0.05, 0.1) is 10.5 Å². The first-order valence-corrected chi connectivity index (χ1v) is 4.41. The minimum atomic E-state index is -0.329. The summed E-state index contributed by atoms with van der Waals surface area (Å²) in [6, 6.07) is 5.34. The Hall–Kier alpha value is -1.64. The van der Waals surface area contributed by atoms with Crippen molar-refractivity contribution in [3.05, 3.63) is 45.0 Å². The summed E-state index contributed by atoms with van der Waals surface area (Å²) < 4.78 is 0. The fourth-order valence-electron chi connectivity index (χ4n) is 1.36. The highest BCUT2D eigenvalue weighted by molar-refractivity contribution is 5.64. The third-order valence-corrected chi connectivity index (χ3v) is 1.90. The molecule has 0 aliphatic heterocycles. The number of allylic oxidation sites excluding steroid dienone is 1. The summed E-state index contributed by atoms with van der Waals surface area (Å²) in [5.41, 5.74) is 2.63. The Morgan fingerprint density at radius 3 is 2.57 bits per heavy atom. The number of benzene rings is 1. The third-order valence-electron chi connectivity index (χ3n) is 1.90. The molecule has 0 atom stereocenters. The number of para-hydroxylation sites is 1. The van der Waals surface area contributed by atoms with Crippen molar-refractivity contribution in [2.75, 3.05) is 0 Å². The molecule has 74 valence electrons. The molecule has 0 aromatic heterocycles. The van der Waals surface area contributed by atoms with Gasteiger partial charge in [-0.15, -0.1) is 0 Å². The van der Waals surface area contributed by atoms with Gasteiger partial charge in [0.15, 0.2) is 0 Å². The van der Waals surface area contributed by atoms with Gasteiger partial charge in [-0.3, -0.25) is 10.1 Å². The summed E-state index contributed by atoms with van der Waals surface area (Å²) in [7, 11) is 0. The summed E-state index contributed by atoms with van der Waals surface area (Å²) in [4.78, 5) is 10.5. The van der Waals surface area contributed by atoms with Crippen LogP contribution in [0.3, 0.4) is 0 Å². The molecule has 0 spiro atoms. The Kier molecular flexibility index (Phi) is 3.02. The largest absolute Gasteiger partial charge is 0.279 e. The predicted molar refractivity (Wildman–Crippen MR) is 57.2 cm³/mol. The SMILES string of the molecule is CC(C)=Cc1cccc(C)c1[N+](=O)[O-]. The van der Waals surface area contributed by atoms with Gasteiger partial charge in [0.25, 0.3) is 5.69 Å². The molecule has 1 rings (SSSR count). The highest BCUT2D eigenvalue weighted by atomic mass is 16.6. The molecule has 3 heteroatoms. The van der Waals surface area contributed by atoms with E-state index in [2.05, 4.69) is 0 Å². The summed E-state index contributed by atoms with van der Waals surface area (Å²) in [6.45, 7) is 5.60. The molecule has 0 N–H and O–H groups in total. The highest BCUT2D eigenvalue weighted by Gasteiger charge is 2.14. The van der Waals surface area contributed by atoms with Crippen molar-refractivity contribution < 1.29 is 4.92 Å². The van der Waals surface area contributed by atoms with Gasteiger partial charge in [-0.05, 0) is 32.9 Å². The Morgan fingerprint density at radius 1 is 1.43 bits per heavy atom.